The SMILES string of the molecule is CCOC(=O)c1csc(NC(=O)c2cc(OC)ncn2)n1. The topological polar surface area (TPSA) is 103 Å². The summed E-state index contributed by atoms with van der Waals surface area (Å²) in [6.07, 6.45) is 1.22. The summed E-state index contributed by atoms with van der Waals surface area (Å²) in [6, 6.07) is 1.40. The van der Waals surface area contributed by atoms with E-state index in [4.69, 9.17) is 9.47 Å². The third-order valence-corrected chi connectivity index (χ3v) is 3.05. The number of methoxy groups -OCH3 is 1. The molecule has 2 heterocycles. The first kappa shape index (κ1) is 14.9. The van der Waals surface area contributed by atoms with E-state index in [1.165, 1.54) is 24.9 Å². The van der Waals surface area contributed by atoms with Gasteiger partial charge in [-0.3, -0.25) is 10.1 Å². The molecule has 0 aromatic carbocycles. The number of aromatic nitrogens is 3. The quantitative estimate of drug-likeness (QED) is 0.832. The lowest BCUT2D eigenvalue weighted by atomic mass is 10.4. The molecule has 0 aliphatic rings. The Hall–Kier alpha value is -2.55. The van der Waals surface area contributed by atoms with Crippen LogP contribution in [0.3, 0.4) is 0 Å². The molecule has 0 aliphatic heterocycles. The fourth-order valence-electron chi connectivity index (χ4n) is 1.37. The maximum atomic E-state index is 12.0. The number of ether oxygens (including phenoxy) is 2. The fraction of sp³-hybridized carbons (Fsp3) is 0.250. The van der Waals surface area contributed by atoms with Gasteiger partial charge >= 0.3 is 5.97 Å². The van der Waals surface area contributed by atoms with Crippen molar-refractivity contribution in [3.05, 3.63) is 29.2 Å². The van der Waals surface area contributed by atoms with Crippen LogP contribution in [-0.2, 0) is 4.74 Å². The molecule has 21 heavy (non-hydrogen) atoms. The molecule has 0 bridgehead atoms. The average Bonchev–Trinajstić information content (AvgIpc) is 2.96. The molecule has 0 fully saturated rings. The summed E-state index contributed by atoms with van der Waals surface area (Å²) in [5.74, 6) is -0.722. The van der Waals surface area contributed by atoms with Crippen LogP contribution in [0, 0.1) is 0 Å². The lowest BCUT2D eigenvalue weighted by Crippen LogP contribution is -2.14. The molecule has 9 heteroatoms. The predicted molar refractivity (Wildman–Crippen MR) is 74.6 cm³/mol. The monoisotopic (exact) mass is 308 g/mol. The van der Waals surface area contributed by atoms with E-state index in [-0.39, 0.29) is 29.0 Å². The number of anilines is 1. The molecule has 110 valence electrons. The molecule has 2 aromatic rings. The van der Waals surface area contributed by atoms with Crippen molar-refractivity contribution in [2.45, 2.75) is 6.92 Å². The highest BCUT2D eigenvalue weighted by Gasteiger charge is 2.15. The summed E-state index contributed by atoms with van der Waals surface area (Å²) in [5, 5.41) is 4.33. The van der Waals surface area contributed by atoms with E-state index in [1.807, 2.05) is 0 Å². The van der Waals surface area contributed by atoms with Gasteiger partial charge in [0.15, 0.2) is 10.8 Å². The Bertz CT molecular complexity index is 658. The third-order valence-electron chi connectivity index (χ3n) is 2.29. The van der Waals surface area contributed by atoms with E-state index >= 15 is 0 Å². The number of rotatable bonds is 5. The standard InChI is InChI=1S/C12H12N4O4S/c1-3-20-11(18)8-5-21-12(15-8)16-10(17)7-4-9(19-2)14-6-13-7/h4-6H,3H2,1-2H3,(H,15,16,17). The molecular formula is C12H12N4O4S. The van der Waals surface area contributed by atoms with Crippen molar-refractivity contribution in [2.75, 3.05) is 19.0 Å². The van der Waals surface area contributed by atoms with Crippen LogP contribution >= 0.6 is 11.3 Å². The normalized spacial score (nSPS) is 10.0. The highest BCUT2D eigenvalue weighted by atomic mass is 32.1. The Balaban J connectivity index is 2.07. The van der Waals surface area contributed by atoms with Crippen LogP contribution in [0.25, 0.3) is 0 Å². The Morgan fingerprint density at radius 1 is 1.33 bits per heavy atom. The smallest absolute Gasteiger partial charge is 0.357 e. The molecule has 0 unspecified atom stereocenters. The van der Waals surface area contributed by atoms with Gasteiger partial charge in [0, 0.05) is 11.4 Å². The molecule has 8 nitrogen and oxygen atoms in total. The third kappa shape index (κ3) is 3.72. The Kier molecular flexibility index (Phi) is 4.77. The number of hydrogen-bond donors (Lipinski definition) is 1. The minimum atomic E-state index is -0.530. The summed E-state index contributed by atoms with van der Waals surface area (Å²) >= 11 is 1.12. The van der Waals surface area contributed by atoms with Gasteiger partial charge in [-0.2, -0.15) is 0 Å². The largest absolute Gasteiger partial charge is 0.481 e. The Morgan fingerprint density at radius 2 is 2.14 bits per heavy atom. The molecule has 0 radical (unpaired) electrons. The second-order valence-corrected chi connectivity index (χ2v) is 4.52. The van der Waals surface area contributed by atoms with Crippen LogP contribution in [0.4, 0.5) is 5.13 Å². The highest BCUT2D eigenvalue weighted by Crippen LogP contribution is 2.17. The van der Waals surface area contributed by atoms with Crippen molar-refractivity contribution in [2.24, 2.45) is 0 Å². The van der Waals surface area contributed by atoms with Crippen LogP contribution in [0.2, 0.25) is 0 Å². The molecule has 0 atom stereocenters. The highest BCUT2D eigenvalue weighted by molar-refractivity contribution is 7.14. The molecule has 0 saturated carbocycles. The first-order valence-electron chi connectivity index (χ1n) is 5.94. The van der Waals surface area contributed by atoms with Crippen LogP contribution in [0.1, 0.15) is 27.9 Å². The van der Waals surface area contributed by atoms with Crippen molar-refractivity contribution in [3.8, 4) is 5.88 Å². The van der Waals surface area contributed by atoms with Crippen LogP contribution in [0.15, 0.2) is 17.8 Å². The maximum Gasteiger partial charge on any atom is 0.357 e. The molecule has 2 rings (SSSR count). The van der Waals surface area contributed by atoms with Gasteiger partial charge in [0.2, 0.25) is 5.88 Å². The number of amides is 1. The lowest BCUT2D eigenvalue weighted by molar-refractivity contribution is 0.0520. The molecule has 1 N–H and O–H groups in total. The number of thiazole rings is 1. The summed E-state index contributed by atoms with van der Waals surface area (Å²) < 4.78 is 9.73. The number of esters is 1. The molecule has 1 amide bonds. The summed E-state index contributed by atoms with van der Waals surface area (Å²) in [5.41, 5.74) is 0.284. The summed E-state index contributed by atoms with van der Waals surface area (Å²) in [6.45, 7) is 1.97. The van der Waals surface area contributed by atoms with E-state index in [2.05, 4.69) is 20.3 Å². The van der Waals surface area contributed by atoms with Crippen LogP contribution in [0.5, 0.6) is 5.88 Å². The Morgan fingerprint density at radius 3 is 2.86 bits per heavy atom. The number of carbonyl (C=O) groups excluding carboxylic acids is 2. The number of nitrogens with zero attached hydrogens (tertiary/aromatic N) is 3. The molecule has 2 aromatic heterocycles. The van der Waals surface area contributed by atoms with E-state index in [9.17, 15) is 9.59 Å². The molecular weight excluding hydrogens is 296 g/mol. The number of carbonyl (C=O) groups is 2. The second kappa shape index (κ2) is 6.75. The minimum Gasteiger partial charge on any atom is -0.481 e. The Labute approximate surface area is 124 Å². The zero-order valence-electron chi connectivity index (χ0n) is 11.3. The van der Waals surface area contributed by atoms with Gasteiger partial charge in [0.1, 0.15) is 12.0 Å². The van der Waals surface area contributed by atoms with E-state index in [0.29, 0.717) is 0 Å². The van der Waals surface area contributed by atoms with Crippen molar-refractivity contribution in [3.63, 3.8) is 0 Å². The lowest BCUT2D eigenvalue weighted by Gasteiger charge is -2.02. The first-order chi connectivity index (χ1) is 10.1. The zero-order chi connectivity index (χ0) is 15.2. The van der Waals surface area contributed by atoms with Gasteiger partial charge in [-0.05, 0) is 6.92 Å². The molecule has 0 aliphatic carbocycles. The second-order valence-electron chi connectivity index (χ2n) is 3.66. The zero-order valence-corrected chi connectivity index (χ0v) is 12.1. The van der Waals surface area contributed by atoms with E-state index in [1.54, 1.807) is 6.92 Å². The van der Waals surface area contributed by atoms with Crippen LogP contribution in [-0.4, -0.2) is 40.5 Å². The minimum absolute atomic E-state index is 0.134. The van der Waals surface area contributed by atoms with Crippen LogP contribution < -0.4 is 10.1 Å². The van der Waals surface area contributed by atoms with Crippen molar-refractivity contribution in [1.82, 2.24) is 15.0 Å². The van der Waals surface area contributed by atoms with Crippen molar-refractivity contribution >= 4 is 28.3 Å². The van der Waals surface area contributed by atoms with E-state index in [0.717, 1.165) is 11.3 Å². The summed E-state index contributed by atoms with van der Waals surface area (Å²) in [4.78, 5) is 35.1. The fourth-order valence-corrected chi connectivity index (χ4v) is 2.04. The maximum absolute atomic E-state index is 12.0. The molecule has 0 saturated heterocycles. The van der Waals surface area contributed by atoms with Gasteiger partial charge < -0.3 is 9.47 Å². The van der Waals surface area contributed by atoms with Gasteiger partial charge in [0.25, 0.3) is 5.91 Å². The van der Waals surface area contributed by atoms with Gasteiger partial charge in [-0.15, -0.1) is 11.3 Å². The summed E-state index contributed by atoms with van der Waals surface area (Å²) in [7, 11) is 1.44. The number of nitrogens with one attached hydrogen (secondary N) is 1. The van der Waals surface area contributed by atoms with Crippen molar-refractivity contribution in [1.29, 1.82) is 0 Å². The van der Waals surface area contributed by atoms with Gasteiger partial charge in [-0.25, -0.2) is 19.7 Å². The van der Waals surface area contributed by atoms with Crippen molar-refractivity contribution < 1.29 is 19.1 Å². The van der Waals surface area contributed by atoms with Gasteiger partial charge in [0.05, 0.1) is 13.7 Å². The average molecular weight is 308 g/mol. The first-order valence-corrected chi connectivity index (χ1v) is 6.82. The van der Waals surface area contributed by atoms with E-state index < -0.39 is 11.9 Å². The molecule has 0 spiro atoms. The van der Waals surface area contributed by atoms with Gasteiger partial charge in [-0.1, -0.05) is 0 Å². The predicted octanol–water partition coefficient (Wildman–Crippen LogP) is 1.37. The number of hydrogen-bond acceptors (Lipinski definition) is 8.